The van der Waals surface area contributed by atoms with Crippen molar-refractivity contribution in [2.75, 3.05) is 34.2 Å². The third-order valence-corrected chi connectivity index (χ3v) is 6.48. The zero-order chi connectivity index (χ0) is 27.8. The Hall–Kier alpha value is -4.71. The van der Waals surface area contributed by atoms with Crippen molar-refractivity contribution in [2.45, 2.75) is 5.16 Å². The van der Waals surface area contributed by atoms with Crippen LogP contribution in [0.5, 0.6) is 28.7 Å². The number of amides is 1. The molecule has 39 heavy (non-hydrogen) atoms. The van der Waals surface area contributed by atoms with Crippen molar-refractivity contribution in [2.24, 2.45) is 5.10 Å². The van der Waals surface area contributed by atoms with E-state index in [-0.39, 0.29) is 28.9 Å². The van der Waals surface area contributed by atoms with Crippen molar-refractivity contribution < 1.29 is 28.8 Å². The SMILES string of the molecule is COc1ccc(-c2nnc(SCC(=O)N/N=C/c3cc(OC)c(O)c(OC)c3)n2-c2ccc(OC)cc2)cc1. The molecule has 1 aromatic heterocycles. The zero-order valence-corrected chi connectivity index (χ0v) is 22.6. The summed E-state index contributed by atoms with van der Waals surface area (Å²) in [6.45, 7) is 0. The van der Waals surface area contributed by atoms with Crippen LogP contribution in [0.15, 0.2) is 70.9 Å². The smallest absolute Gasteiger partial charge is 0.250 e. The number of ether oxygens (including phenoxy) is 4. The van der Waals surface area contributed by atoms with Crippen LogP contribution in [0.1, 0.15) is 5.56 Å². The molecule has 0 spiro atoms. The molecule has 0 atom stereocenters. The summed E-state index contributed by atoms with van der Waals surface area (Å²) in [5.74, 6) is 2.08. The lowest BCUT2D eigenvalue weighted by atomic mass is 10.2. The third-order valence-electron chi connectivity index (χ3n) is 5.55. The molecule has 2 N–H and O–H groups in total. The maximum absolute atomic E-state index is 12.6. The minimum absolute atomic E-state index is 0.0382. The number of hydrazone groups is 1. The predicted octanol–water partition coefficient (Wildman–Crippen LogP) is 3.92. The van der Waals surface area contributed by atoms with Gasteiger partial charge in [-0.1, -0.05) is 11.8 Å². The second-order valence-corrected chi connectivity index (χ2v) is 8.87. The lowest BCUT2D eigenvalue weighted by Crippen LogP contribution is -2.20. The van der Waals surface area contributed by atoms with Gasteiger partial charge in [0.2, 0.25) is 5.75 Å². The van der Waals surface area contributed by atoms with Gasteiger partial charge in [0.1, 0.15) is 11.5 Å². The van der Waals surface area contributed by atoms with Crippen LogP contribution in [0.25, 0.3) is 17.1 Å². The van der Waals surface area contributed by atoms with Crippen molar-refractivity contribution in [1.82, 2.24) is 20.2 Å². The molecule has 0 aliphatic rings. The molecule has 4 aromatic rings. The van der Waals surface area contributed by atoms with E-state index < -0.39 is 0 Å². The normalized spacial score (nSPS) is 10.9. The summed E-state index contributed by atoms with van der Waals surface area (Å²) in [4.78, 5) is 12.6. The van der Waals surface area contributed by atoms with Gasteiger partial charge in [0.05, 0.1) is 40.4 Å². The molecule has 0 radical (unpaired) electrons. The zero-order valence-electron chi connectivity index (χ0n) is 21.7. The van der Waals surface area contributed by atoms with E-state index in [9.17, 15) is 9.90 Å². The molecule has 0 unspecified atom stereocenters. The molecule has 202 valence electrons. The quantitative estimate of drug-likeness (QED) is 0.162. The maximum atomic E-state index is 12.6. The Morgan fingerprint density at radius 1 is 0.923 bits per heavy atom. The summed E-state index contributed by atoms with van der Waals surface area (Å²) >= 11 is 1.22. The van der Waals surface area contributed by atoms with E-state index in [1.54, 1.807) is 26.4 Å². The molecule has 0 aliphatic carbocycles. The molecule has 0 saturated carbocycles. The van der Waals surface area contributed by atoms with E-state index >= 15 is 0 Å². The molecule has 3 aromatic carbocycles. The van der Waals surface area contributed by atoms with Crippen LogP contribution in [0, 0.1) is 0 Å². The minimum Gasteiger partial charge on any atom is -0.502 e. The number of aromatic nitrogens is 3. The summed E-state index contributed by atoms with van der Waals surface area (Å²) in [5.41, 5.74) is 4.70. The number of carbonyl (C=O) groups is 1. The predicted molar refractivity (Wildman–Crippen MR) is 148 cm³/mol. The van der Waals surface area contributed by atoms with Crippen LogP contribution < -0.4 is 24.4 Å². The maximum Gasteiger partial charge on any atom is 0.250 e. The number of methoxy groups -OCH3 is 4. The molecular formula is C27H27N5O6S. The number of nitrogens with zero attached hydrogens (tertiary/aromatic N) is 4. The summed E-state index contributed by atoms with van der Waals surface area (Å²) in [6, 6.07) is 18.1. The van der Waals surface area contributed by atoms with Crippen molar-refractivity contribution in [3.63, 3.8) is 0 Å². The standard InChI is InChI=1S/C27H27N5O6S/c1-35-20-9-5-18(6-10-20)26-30-31-27(32(26)19-7-11-21(36-2)12-8-19)39-16-24(33)29-28-15-17-13-22(37-3)25(34)23(14-17)38-4/h5-15,34H,16H2,1-4H3,(H,29,33)/b28-15+. The minimum atomic E-state index is -0.343. The fraction of sp³-hybridized carbons (Fsp3) is 0.185. The largest absolute Gasteiger partial charge is 0.502 e. The van der Waals surface area contributed by atoms with E-state index in [1.807, 2.05) is 53.1 Å². The lowest BCUT2D eigenvalue weighted by molar-refractivity contribution is -0.118. The number of carbonyl (C=O) groups excluding carboxylic acids is 1. The number of rotatable bonds is 11. The van der Waals surface area contributed by atoms with Gasteiger partial charge >= 0.3 is 0 Å². The first kappa shape index (κ1) is 27.3. The van der Waals surface area contributed by atoms with Gasteiger partial charge in [-0.15, -0.1) is 10.2 Å². The summed E-state index contributed by atoms with van der Waals surface area (Å²) in [6.07, 6.45) is 1.43. The topological polar surface area (TPSA) is 129 Å². The summed E-state index contributed by atoms with van der Waals surface area (Å²) < 4.78 is 22.7. The van der Waals surface area contributed by atoms with Gasteiger partial charge in [-0.2, -0.15) is 5.10 Å². The van der Waals surface area contributed by atoms with Gasteiger partial charge < -0.3 is 24.1 Å². The number of hydrogen-bond donors (Lipinski definition) is 2. The van der Waals surface area contributed by atoms with Crippen molar-refractivity contribution in [3.05, 3.63) is 66.2 Å². The molecule has 0 aliphatic heterocycles. The first-order valence-corrected chi connectivity index (χ1v) is 12.6. The Labute approximate surface area is 229 Å². The third kappa shape index (κ3) is 6.41. The number of benzene rings is 3. The van der Waals surface area contributed by atoms with Gasteiger partial charge in [-0.05, 0) is 60.7 Å². The lowest BCUT2D eigenvalue weighted by Gasteiger charge is -2.11. The number of aromatic hydroxyl groups is 1. The molecular weight excluding hydrogens is 522 g/mol. The Morgan fingerprint density at radius 2 is 1.51 bits per heavy atom. The average Bonchev–Trinajstić information content (AvgIpc) is 3.40. The number of phenolic OH excluding ortho intramolecular Hbond substituents is 1. The van der Waals surface area contributed by atoms with Crippen LogP contribution in [0.2, 0.25) is 0 Å². The highest BCUT2D eigenvalue weighted by molar-refractivity contribution is 7.99. The highest BCUT2D eigenvalue weighted by Crippen LogP contribution is 2.36. The summed E-state index contributed by atoms with van der Waals surface area (Å²) in [5, 5.41) is 23.3. The van der Waals surface area contributed by atoms with E-state index in [4.69, 9.17) is 18.9 Å². The molecule has 0 fully saturated rings. The van der Waals surface area contributed by atoms with Gasteiger partial charge in [-0.25, -0.2) is 5.43 Å². The first-order chi connectivity index (χ1) is 19.0. The van der Waals surface area contributed by atoms with Gasteiger partial charge in [0.15, 0.2) is 22.5 Å². The average molecular weight is 550 g/mol. The van der Waals surface area contributed by atoms with Gasteiger partial charge in [-0.3, -0.25) is 9.36 Å². The van der Waals surface area contributed by atoms with Crippen LogP contribution in [-0.4, -0.2) is 66.2 Å². The van der Waals surface area contributed by atoms with E-state index in [1.165, 1.54) is 32.2 Å². The fourth-order valence-corrected chi connectivity index (χ4v) is 4.33. The van der Waals surface area contributed by atoms with Crippen LogP contribution in [0.4, 0.5) is 0 Å². The monoisotopic (exact) mass is 549 g/mol. The van der Waals surface area contributed by atoms with Crippen molar-refractivity contribution in [1.29, 1.82) is 0 Å². The van der Waals surface area contributed by atoms with Gasteiger partial charge in [0.25, 0.3) is 5.91 Å². The van der Waals surface area contributed by atoms with Crippen LogP contribution in [0.3, 0.4) is 0 Å². The molecule has 0 bridgehead atoms. The second kappa shape index (κ2) is 12.7. The number of phenols is 1. The highest BCUT2D eigenvalue weighted by atomic mass is 32.2. The fourth-order valence-electron chi connectivity index (χ4n) is 3.58. The number of thioether (sulfide) groups is 1. The second-order valence-electron chi connectivity index (χ2n) is 7.92. The van der Waals surface area contributed by atoms with Crippen molar-refractivity contribution >= 4 is 23.9 Å². The van der Waals surface area contributed by atoms with E-state index in [2.05, 4.69) is 20.7 Å². The first-order valence-electron chi connectivity index (χ1n) is 11.6. The Kier molecular flexibility index (Phi) is 8.90. The molecule has 11 nitrogen and oxygen atoms in total. The molecule has 1 heterocycles. The molecule has 4 rings (SSSR count). The molecule has 1 amide bonds. The van der Waals surface area contributed by atoms with E-state index in [0.29, 0.717) is 22.3 Å². The van der Waals surface area contributed by atoms with Gasteiger partial charge in [0, 0.05) is 16.8 Å². The Bertz CT molecular complexity index is 1430. The van der Waals surface area contributed by atoms with Crippen LogP contribution >= 0.6 is 11.8 Å². The number of hydrogen-bond acceptors (Lipinski definition) is 10. The molecule has 0 saturated heterocycles. The van der Waals surface area contributed by atoms with Crippen molar-refractivity contribution in [3.8, 4) is 45.8 Å². The Balaban J connectivity index is 1.51. The van der Waals surface area contributed by atoms with Crippen LogP contribution in [-0.2, 0) is 4.79 Å². The van der Waals surface area contributed by atoms with E-state index in [0.717, 1.165) is 17.0 Å². The number of nitrogens with one attached hydrogen (secondary N) is 1. The summed E-state index contributed by atoms with van der Waals surface area (Å²) in [7, 11) is 6.07. The highest BCUT2D eigenvalue weighted by Gasteiger charge is 2.18. The molecule has 12 heteroatoms. The Morgan fingerprint density at radius 3 is 2.08 bits per heavy atom.